The first-order valence-corrected chi connectivity index (χ1v) is 4.54. The minimum absolute atomic E-state index is 0.313. The van der Waals surface area contributed by atoms with Crippen LogP contribution in [0.15, 0.2) is 17.0 Å². The highest BCUT2D eigenvalue weighted by molar-refractivity contribution is 7.99. The Bertz CT molecular complexity index is 314. The van der Waals surface area contributed by atoms with Crippen molar-refractivity contribution in [3.05, 3.63) is 17.9 Å². The van der Waals surface area contributed by atoms with E-state index in [1.807, 2.05) is 0 Å². The van der Waals surface area contributed by atoms with Crippen LogP contribution in [0.25, 0.3) is 0 Å². The summed E-state index contributed by atoms with van der Waals surface area (Å²) in [6.07, 6.45) is 0. The molecule has 0 unspecified atom stereocenters. The highest BCUT2D eigenvalue weighted by Crippen LogP contribution is 2.38. The van der Waals surface area contributed by atoms with Crippen LogP contribution in [-0.4, -0.2) is 17.5 Å². The van der Waals surface area contributed by atoms with Crippen LogP contribution in [0.1, 0.15) is 0 Å². The summed E-state index contributed by atoms with van der Waals surface area (Å²) in [4.78, 5) is 0.418. The first-order valence-electron chi connectivity index (χ1n) is 3.56. The lowest BCUT2D eigenvalue weighted by Crippen LogP contribution is -2.07. The fourth-order valence-electron chi connectivity index (χ4n) is 1.07. The summed E-state index contributed by atoms with van der Waals surface area (Å²) in [7, 11) is 0. The molecule has 64 valence electrons. The molecule has 0 bridgehead atoms. The summed E-state index contributed by atoms with van der Waals surface area (Å²) in [5.74, 6) is 0.374. The van der Waals surface area contributed by atoms with Gasteiger partial charge in [-0.05, 0) is 12.1 Å². The van der Waals surface area contributed by atoms with Crippen LogP contribution in [0.5, 0.6) is 11.5 Å². The van der Waals surface area contributed by atoms with Gasteiger partial charge in [0.05, 0.1) is 11.5 Å². The Labute approximate surface area is 73.4 Å². The molecule has 0 saturated heterocycles. The summed E-state index contributed by atoms with van der Waals surface area (Å²) in [6.45, 7) is 0.599. The molecule has 0 aromatic heterocycles. The van der Waals surface area contributed by atoms with Crippen molar-refractivity contribution in [2.75, 3.05) is 12.4 Å². The van der Waals surface area contributed by atoms with Gasteiger partial charge in [0.2, 0.25) is 0 Å². The monoisotopic (exact) mass is 186 g/mol. The van der Waals surface area contributed by atoms with E-state index in [1.165, 1.54) is 17.8 Å². The molecule has 1 aromatic carbocycles. The molecule has 1 aliphatic rings. The molecule has 1 aliphatic heterocycles. The Balaban J connectivity index is 2.54. The summed E-state index contributed by atoms with van der Waals surface area (Å²) in [5.41, 5.74) is 0. The van der Waals surface area contributed by atoms with Crippen LogP contribution in [0, 0.1) is 5.82 Å². The lowest BCUT2D eigenvalue weighted by Gasteiger charge is -2.16. The van der Waals surface area contributed by atoms with E-state index in [2.05, 4.69) is 0 Å². The van der Waals surface area contributed by atoms with E-state index in [0.29, 0.717) is 17.3 Å². The van der Waals surface area contributed by atoms with Crippen molar-refractivity contribution in [3.63, 3.8) is 0 Å². The standard InChI is InChI=1S/C8H7FO2S/c9-7-5(10)1-2-6-8(7)12-4-3-11-6/h1-2,10H,3-4H2. The van der Waals surface area contributed by atoms with Crippen LogP contribution >= 0.6 is 11.8 Å². The lowest BCUT2D eigenvalue weighted by atomic mass is 10.3. The van der Waals surface area contributed by atoms with Crippen molar-refractivity contribution in [1.82, 2.24) is 0 Å². The predicted molar refractivity (Wildman–Crippen MR) is 44.3 cm³/mol. The first-order chi connectivity index (χ1) is 5.79. The van der Waals surface area contributed by atoms with Crippen molar-refractivity contribution in [3.8, 4) is 11.5 Å². The maximum absolute atomic E-state index is 13.1. The minimum atomic E-state index is -0.572. The number of benzene rings is 1. The Hall–Kier alpha value is -0.900. The maximum atomic E-state index is 13.1. The largest absolute Gasteiger partial charge is 0.505 e. The number of ether oxygens (including phenoxy) is 1. The molecule has 0 amide bonds. The van der Waals surface area contributed by atoms with Crippen molar-refractivity contribution in [2.24, 2.45) is 0 Å². The van der Waals surface area contributed by atoms with Crippen molar-refractivity contribution < 1.29 is 14.2 Å². The predicted octanol–water partition coefficient (Wildman–Crippen LogP) is 2.02. The number of phenolic OH excluding ortho intramolecular Hbond substituents is 1. The van der Waals surface area contributed by atoms with Crippen molar-refractivity contribution in [2.45, 2.75) is 4.90 Å². The van der Waals surface area contributed by atoms with Crippen molar-refractivity contribution in [1.29, 1.82) is 0 Å². The second-order valence-electron chi connectivity index (χ2n) is 2.42. The molecule has 0 radical (unpaired) electrons. The van der Waals surface area contributed by atoms with Crippen LogP contribution in [0.3, 0.4) is 0 Å². The normalized spacial score (nSPS) is 15.1. The van der Waals surface area contributed by atoms with Gasteiger partial charge in [0.15, 0.2) is 11.6 Å². The molecule has 1 heterocycles. The Morgan fingerprint density at radius 3 is 3.17 bits per heavy atom. The van der Waals surface area contributed by atoms with Gasteiger partial charge in [-0.3, -0.25) is 0 Å². The second-order valence-corrected chi connectivity index (χ2v) is 3.53. The maximum Gasteiger partial charge on any atom is 0.182 e. The number of thioether (sulfide) groups is 1. The third-order valence-corrected chi connectivity index (χ3v) is 2.67. The van der Waals surface area contributed by atoms with Crippen LogP contribution in [0.2, 0.25) is 0 Å². The fraction of sp³-hybridized carbons (Fsp3) is 0.250. The number of aromatic hydroxyl groups is 1. The van der Waals surface area contributed by atoms with E-state index in [9.17, 15) is 4.39 Å². The molecule has 4 heteroatoms. The number of fused-ring (bicyclic) bond motifs is 1. The van der Waals surface area contributed by atoms with Gasteiger partial charge in [-0.1, -0.05) is 0 Å². The molecular formula is C8H7FO2S. The zero-order valence-corrected chi connectivity index (χ0v) is 7.03. The summed E-state index contributed by atoms with van der Waals surface area (Å²) in [6, 6.07) is 2.89. The third-order valence-electron chi connectivity index (χ3n) is 1.63. The molecule has 12 heavy (non-hydrogen) atoms. The molecule has 0 aliphatic carbocycles. The van der Waals surface area contributed by atoms with E-state index < -0.39 is 5.82 Å². The van der Waals surface area contributed by atoms with E-state index in [1.54, 1.807) is 6.07 Å². The van der Waals surface area contributed by atoms with Gasteiger partial charge in [0.1, 0.15) is 5.75 Å². The van der Waals surface area contributed by atoms with Gasteiger partial charge in [-0.25, -0.2) is 4.39 Å². The fourth-order valence-corrected chi connectivity index (χ4v) is 1.94. The first kappa shape index (κ1) is 7.73. The van der Waals surface area contributed by atoms with E-state index in [-0.39, 0.29) is 5.75 Å². The molecule has 2 nitrogen and oxygen atoms in total. The molecule has 2 rings (SSSR count). The van der Waals surface area contributed by atoms with Gasteiger partial charge < -0.3 is 9.84 Å². The zero-order valence-electron chi connectivity index (χ0n) is 6.21. The number of halogens is 1. The molecule has 0 saturated carbocycles. The quantitative estimate of drug-likeness (QED) is 0.672. The average molecular weight is 186 g/mol. The summed E-state index contributed by atoms with van der Waals surface area (Å²) < 4.78 is 18.3. The van der Waals surface area contributed by atoms with Crippen LogP contribution in [0.4, 0.5) is 4.39 Å². The second kappa shape index (κ2) is 2.86. The third kappa shape index (κ3) is 1.12. The topological polar surface area (TPSA) is 29.5 Å². The smallest absolute Gasteiger partial charge is 0.182 e. The van der Waals surface area contributed by atoms with Crippen LogP contribution in [-0.2, 0) is 0 Å². The number of phenols is 1. The van der Waals surface area contributed by atoms with Gasteiger partial charge in [0.25, 0.3) is 0 Å². The molecule has 0 atom stereocenters. The van der Waals surface area contributed by atoms with Gasteiger partial charge >= 0.3 is 0 Å². The zero-order chi connectivity index (χ0) is 8.55. The van der Waals surface area contributed by atoms with E-state index in [0.717, 1.165) is 5.75 Å². The molecule has 0 spiro atoms. The van der Waals surface area contributed by atoms with Gasteiger partial charge in [0, 0.05) is 5.75 Å². The highest BCUT2D eigenvalue weighted by atomic mass is 32.2. The number of hydrogen-bond acceptors (Lipinski definition) is 3. The van der Waals surface area contributed by atoms with Gasteiger partial charge in [-0.15, -0.1) is 11.8 Å². The van der Waals surface area contributed by atoms with E-state index in [4.69, 9.17) is 9.84 Å². The SMILES string of the molecule is Oc1ccc2c(c1F)SCCO2. The number of hydrogen-bond donors (Lipinski definition) is 1. The minimum Gasteiger partial charge on any atom is -0.505 e. The Morgan fingerprint density at radius 2 is 2.33 bits per heavy atom. The molecule has 1 aromatic rings. The Kier molecular flexibility index (Phi) is 1.84. The number of rotatable bonds is 0. The molecule has 1 N–H and O–H groups in total. The average Bonchev–Trinajstić information content (AvgIpc) is 2.12. The van der Waals surface area contributed by atoms with Gasteiger partial charge in [-0.2, -0.15) is 0 Å². The summed E-state index contributed by atoms with van der Waals surface area (Å²) >= 11 is 1.37. The molecular weight excluding hydrogens is 179 g/mol. The summed E-state index contributed by atoms with van der Waals surface area (Å²) in [5, 5.41) is 9.03. The van der Waals surface area contributed by atoms with Crippen molar-refractivity contribution >= 4 is 11.8 Å². The lowest BCUT2D eigenvalue weighted by molar-refractivity contribution is 0.320. The molecule has 0 fully saturated rings. The van der Waals surface area contributed by atoms with E-state index >= 15 is 0 Å². The highest BCUT2D eigenvalue weighted by Gasteiger charge is 2.17. The van der Waals surface area contributed by atoms with Crippen LogP contribution < -0.4 is 4.74 Å². The Morgan fingerprint density at radius 1 is 1.50 bits per heavy atom.